The van der Waals surface area contributed by atoms with Crippen molar-refractivity contribution in [3.05, 3.63) is 36.4 Å². The zero-order valence-corrected chi connectivity index (χ0v) is 13.2. The third kappa shape index (κ3) is 3.38. The lowest BCUT2D eigenvalue weighted by molar-refractivity contribution is 0.461. The van der Waals surface area contributed by atoms with Crippen LogP contribution in [0.4, 0.5) is 11.8 Å². The van der Waals surface area contributed by atoms with Crippen molar-refractivity contribution in [1.29, 1.82) is 0 Å². The second kappa shape index (κ2) is 6.77. The molecule has 4 nitrogen and oxygen atoms in total. The highest BCUT2D eigenvalue weighted by Gasteiger charge is 2.15. The van der Waals surface area contributed by atoms with E-state index in [1.807, 2.05) is 6.08 Å². The lowest BCUT2D eigenvalue weighted by Crippen LogP contribution is -2.23. The molecule has 1 aliphatic carbocycles. The molecule has 1 heterocycles. The molecule has 3 rings (SSSR count). The van der Waals surface area contributed by atoms with Crippen molar-refractivity contribution in [2.75, 3.05) is 17.2 Å². The van der Waals surface area contributed by atoms with Gasteiger partial charge in [-0.05, 0) is 31.9 Å². The minimum Gasteiger partial charge on any atom is -0.366 e. The molecular formula is C18H24N4. The maximum atomic E-state index is 4.69. The van der Waals surface area contributed by atoms with Crippen molar-refractivity contribution >= 4 is 22.7 Å². The summed E-state index contributed by atoms with van der Waals surface area (Å²) in [5, 5.41) is 7.92. The van der Waals surface area contributed by atoms with Gasteiger partial charge in [0, 0.05) is 18.0 Å². The zero-order valence-electron chi connectivity index (χ0n) is 13.2. The monoisotopic (exact) mass is 296 g/mol. The fraction of sp³-hybridized carbons (Fsp3) is 0.444. The number of fused-ring (bicyclic) bond motifs is 1. The van der Waals surface area contributed by atoms with Crippen molar-refractivity contribution in [1.82, 2.24) is 9.97 Å². The third-order valence-corrected chi connectivity index (χ3v) is 4.20. The smallest absolute Gasteiger partial charge is 0.225 e. The van der Waals surface area contributed by atoms with Crippen molar-refractivity contribution in [3.8, 4) is 0 Å². The van der Waals surface area contributed by atoms with Crippen LogP contribution in [0.2, 0.25) is 0 Å². The molecule has 1 saturated carbocycles. The van der Waals surface area contributed by atoms with E-state index in [0.29, 0.717) is 12.6 Å². The Hall–Kier alpha value is -2.10. The first-order chi connectivity index (χ1) is 10.8. The summed E-state index contributed by atoms with van der Waals surface area (Å²) in [6.07, 6.45) is 8.22. The Morgan fingerprint density at radius 3 is 2.82 bits per heavy atom. The van der Waals surface area contributed by atoms with Crippen LogP contribution in [0.5, 0.6) is 0 Å². The second-order valence-electron chi connectivity index (χ2n) is 6.07. The van der Waals surface area contributed by atoms with Crippen LogP contribution < -0.4 is 10.6 Å². The SMILES string of the molecule is C=CCNc1nc(NC2CCCCC2)nc2ccc(C)cc12. The zero-order chi connectivity index (χ0) is 15.4. The standard InChI is InChI=1S/C18H24N4/c1-3-11-19-17-15-12-13(2)9-10-16(15)21-18(22-17)20-14-7-5-4-6-8-14/h3,9-10,12,14H,1,4-8,11H2,2H3,(H2,19,20,21,22). The van der Waals surface area contributed by atoms with E-state index < -0.39 is 0 Å². The van der Waals surface area contributed by atoms with Crippen LogP contribution in [0.15, 0.2) is 30.9 Å². The van der Waals surface area contributed by atoms with E-state index in [1.165, 1.54) is 37.7 Å². The van der Waals surface area contributed by atoms with Gasteiger partial charge in [0.05, 0.1) is 5.52 Å². The van der Waals surface area contributed by atoms with Crippen molar-refractivity contribution < 1.29 is 0 Å². The van der Waals surface area contributed by atoms with Gasteiger partial charge in [0.1, 0.15) is 5.82 Å². The van der Waals surface area contributed by atoms with Gasteiger partial charge in [0.2, 0.25) is 5.95 Å². The van der Waals surface area contributed by atoms with Crippen LogP contribution in [0, 0.1) is 6.92 Å². The Bertz CT molecular complexity index is 659. The molecule has 2 aromatic rings. The Morgan fingerprint density at radius 2 is 2.05 bits per heavy atom. The van der Waals surface area contributed by atoms with Crippen LogP contribution >= 0.6 is 0 Å². The van der Waals surface area contributed by atoms with Crippen molar-refractivity contribution in [2.45, 2.75) is 45.1 Å². The average Bonchev–Trinajstić information content (AvgIpc) is 2.54. The molecule has 4 heteroatoms. The molecule has 0 aliphatic heterocycles. The predicted octanol–water partition coefficient (Wildman–Crippen LogP) is 4.28. The van der Waals surface area contributed by atoms with Gasteiger partial charge in [0.25, 0.3) is 0 Å². The third-order valence-electron chi connectivity index (χ3n) is 4.20. The Kier molecular flexibility index (Phi) is 4.56. The van der Waals surface area contributed by atoms with Crippen molar-refractivity contribution in [2.24, 2.45) is 0 Å². The summed E-state index contributed by atoms with van der Waals surface area (Å²) >= 11 is 0. The van der Waals surface area contributed by atoms with Gasteiger partial charge >= 0.3 is 0 Å². The van der Waals surface area contributed by atoms with Gasteiger partial charge < -0.3 is 10.6 Å². The van der Waals surface area contributed by atoms with Crippen LogP contribution in [-0.4, -0.2) is 22.6 Å². The quantitative estimate of drug-likeness (QED) is 0.809. The van der Waals surface area contributed by atoms with E-state index in [0.717, 1.165) is 22.7 Å². The van der Waals surface area contributed by atoms with Crippen LogP contribution in [0.1, 0.15) is 37.7 Å². The highest BCUT2D eigenvalue weighted by Crippen LogP contribution is 2.25. The van der Waals surface area contributed by atoms with Crippen molar-refractivity contribution in [3.63, 3.8) is 0 Å². The van der Waals surface area contributed by atoms with E-state index in [9.17, 15) is 0 Å². The normalized spacial score (nSPS) is 15.7. The Balaban J connectivity index is 1.92. The summed E-state index contributed by atoms with van der Waals surface area (Å²) in [5.74, 6) is 1.61. The van der Waals surface area contributed by atoms with Gasteiger partial charge in [-0.2, -0.15) is 4.98 Å². The van der Waals surface area contributed by atoms with E-state index in [-0.39, 0.29) is 0 Å². The molecule has 2 N–H and O–H groups in total. The molecule has 0 saturated heterocycles. The summed E-state index contributed by atoms with van der Waals surface area (Å²) in [5.41, 5.74) is 2.19. The fourth-order valence-electron chi connectivity index (χ4n) is 3.04. The number of rotatable bonds is 5. The number of hydrogen-bond donors (Lipinski definition) is 2. The maximum absolute atomic E-state index is 4.69. The minimum atomic E-state index is 0.504. The van der Waals surface area contributed by atoms with Gasteiger partial charge in [-0.15, -0.1) is 6.58 Å². The highest BCUT2D eigenvalue weighted by atomic mass is 15.2. The molecule has 1 aromatic heterocycles. The first-order valence-corrected chi connectivity index (χ1v) is 8.16. The molecule has 1 aromatic carbocycles. The largest absolute Gasteiger partial charge is 0.366 e. The molecule has 0 amide bonds. The molecule has 1 aliphatic rings. The summed E-state index contributed by atoms with van der Waals surface area (Å²) in [4.78, 5) is 9.38. The second-order valence-corrected chi connectivity index (χ2v) is 6.07. The van der Waals surface area contributed by atoms with E-state index in [1.54, 1.807) is 0 Å². The molecule has 0 unspecified atom stereocenters. The molecular weight excluding hydrogens is 272 g/mol. The topological polar surface area (TPSA) is 49.8 Å². The number of benzene rings is 1. The van der Waals surface area contributed by atoms with Crippen LogP contribution in [0.3, 0.4) is 0 Å². The van der Waals surface area contributed by atoms with Gasteiger partial charge in [0.15, 0.2) is 0 Å². The number of hydrogen-bond acceptors (Lipinski definition) is 4. The molecule has 22 heavy (non-hydrogen) atoms. The first-order valence-electron chi connectivity index (χ1n) is 8.16. The maximum Gasteiger partial charge on any atom is 0.225 e. The van der Waals surface area contributed by atoms with Gasteiger partial charge in [-0.25, -0.2) is 4.98 Å². The molecule has 1 fully saturated rings. The Labute approximate surface area is 132 Å². The number of aryl methyl sites for hydroxylation is 1. The lowest BCUT2D eigenvalue weighted by Gasteiger charge is -2.23. The van der Waals surface area contributed by atoms with E-state index in [2.05, 4.69) is 42.3 Å². The molecule has 0 spiro atoms. The number of aromatic nitrogens is 2. The van der Waals surface area contributed by atoms with Crippen LogP contribution in [-0.2, 0) is 0 Å². The first kappa shape index (κ1) is 14.8. The summed E-state index contributed by atoms with van der Waals surface area (Å²) in [7, 11) is 0. The minimum absolute atomic E-state index is 0.504. The predicted molar refractivity (Wildman–Crippen MR) is 93.5 cm³/mol. The Morgan fingerprint density at radius 1 is 1.23 bits per heavy atom. The lowest BCUT2D eigenvalue weighted by atomic mass is 9.96. The number of anilines is 2. The fourth-order valence-corrected chi connectivity index (χ4v) is 3.04. The van der Waals surface area contributed by atoms with Gasteiger partial charge in [-0.3, -0.25) is 0 Å². The summed E-state index contributed by atoms with van der Waals surface area (Å²) < 4.78 is 0. The number of nitrogens with zero attached hydrogens (tertiary/aromatic N) is 2. The molecule has 116 valence electrons. The summed E-state index contributed by atoms with van der Waals surface area (Å²) in [6, 6.07) is 6.79. The average molecular weight is 296 g/mol. The number of nitrogens with one attached hydrogen (secondary N) is 2. The molecule has 0 atom stereocenters. The van der Waals surface area contributed by atoms with Crippen LogP contribution in [0.25, 0.3) is 10.9 Å². The highest BCUT2D eigenvalue weighted by molar-refractivity contribution is 5.90. The summed E-state index contributed by atoms with van der Waals surface area (Å²) in [6.45, 7) is 6.55. The van der Waals surface area contributed by atoms with E-state index in [4.69, 9.17) is 9.97 Å². The molecule has 0 bridgehead atoms. The molecule has 0 radical (unpaired) electrons. The van der Waals surface area contributed by atoms with E-state index >= 15 is 0 Å². The van der Waals surface area contributed by atoms with Gasteiger partial charge in [-0.1, -0.05) is 37.0 Å².